The van der Waals surface area contributed by atoms with Crippen LogP contribution in [0.3, 0.4) is 0 Å². The molecule has 1 saturated heterocycles. The largest absolute Gasteiger partial charge is 0.382 e. The van der Waals surface area contributed by atoms with Gasteiger partial charge in [0.05, 0.1) is 19.8 Å². The minimum absolute atomic E-state index is 0.706. The summed E-state index contributed by atoms with van der Waals surface area (Å²) in [6, 6.07) is 0. The van der Waals surface area contributed by atoms with Crippen molar-refractivity contribution in [3.05, 3.63) is 0 Å². The first-order valence-corrected chi connectivity index (χ1v) is 6.15. The van der Waals surface area contributed by atoms with Gasteiger partial charge in [-0.25, -0.2) is 0 Å². The summed E-state index contributed by atoms with van der Waals surface area (Å²) in [5.41, 5.74) is 0. The highest BCUT2D eigenvalue weighted by molar-refractivity contribution is 4.71. The summed E-state index contributed by atoms with van der Waals surface area (Å²) in [7, 11) is 1.71. The van der Waals surface area contributed by atoms with E-state index in [1.165, 1.54) is 32.4 Å². The van der Waals surface area contributed by atoms with Crippen molar-refractivity contribution in [3.8, 4) is 0 Å². The van der Waals surface area contributed by atoms with Crippen molar-refractivity contribution < 1.29 is 9.47 Å². The summed E-state index contributed by atoms with van der Waals surface area (Å²) >= 11 is 0. The quantitative estimate of drug-likeness (QED) is 0.604. The Morgan fingerprint density at radius 3 is 2.87 bits per heavy atom. The van der Waals surface area contributed by atoms with Gasteiger partial charge in [0.1, 0.15) is 0 Å². The molecule has 1 atom stereocenters. The predicted octanol–water partition coefficient (Wildman–Crippen LogP) is 1.77. The first-order valence-electron chi connectivity index (χ1n) is 6.15. The summed E-state index contributed by atoms with van der Waals surface area (Å²) in [4.78, 5) is 2.53. The van der Waals surface area contributed by atoms with Gasteiger partial charge < -0.3 is 14.4 Å². The molecule has 0 bridgehead atoms. The lowest BCUT2D eigenvalue weighted by molar-refractivity contribution is 0.0491. The Labute approximate surface area is 93.7 Å². The first kappa shape index (κ1) is 12.9. The minimum Gasteiger partial charge on any atom is -0.382 e. The second kappa shape index (κ2) is 8.08. The van der Waals surface area contributed by atoms with E-state index in [0.29, 0.717) is 6.61 Å². The molecule has 1 aliphatic heterocycles. The standard InChI is InChI=1S/C12H25NO2/c1-3-12-5-4-6-13(11-12)7-8-15-10-9-14-2/h12H,3-11H2,1-2H3/t12-/m0/s1. The molecule has 90 valence electrons. The summed E-state index contributed by atoms with van der Waals surface area (Å²) < 4.78 is 10.4. The molecule has 0 aliphatic carbocycles. The molecule has 0 unspecified atom stereocenters. The first-order chi connectivity index (χ1) is 7.36. The average molecular weight is 215 g/mol. The Bertz CT molecular complexity index is 153. The number of hydrogen-bond donors (Lipinski definition) is 0. The molecule has 1 heterocycles. The van der Waals surface area contributed by atoms with E-state index in [-0.39, 0.29) is 0 Å². The van der Waals surface area contributed by atoms with E-state index in [0.717, 1.165) is 25.7 Å². The van der Waals surface area contributed by atoms with Gasteiger partial charge in [0, 0.05) is 20.2 Å². The maximum absolute atomic E-state index is 5.48. The van der Waals surface area contributed by atoms with Crippen molar-refractivity contribution in [2.45, 2.75) is 26.2 Å². The molecule has 1 fully saturated rings. The van der Waals surface area contributed by atoms with Crippen LogP contribution in [0.2, 0.25) is 0 Å². The van der Waals surface area contributed by atoms with Gasteiger partial charge in [0.25, 0.3) is 0 Å². The van der Waals surface area contributed by atoms with Crippen LogP contribution in [-0.4, -0.2) is 51.5 Å². The van der Waals surface area contributed by atoms with E-state index in [2.05, 4.69) is 11.8 Å². The van der Waals surface area contributed by atoms with Crippen molar-refractivity contribution in [2.24, 2.45) is 5.92 Å². The van der Waals surface area contributed by atoms with Crippen LogP contribution in [0.1, 0.15) is 26.2 Å². The summed E-state index contributed by atoms with van der Waals surface area (Å²) in [6.07, 6.45) is 4.09. The van der Waals surface area contributed by atoms with Crippen molar-refractivity contribution in [1.82, 2.24) is 4.90 Å². The van der Waals surface area contributed by atoms with E-state index in [4.69, 9.17) is 9.47 Å². The maximum atomic E-state index is 5.48. The number of ether oxygens (including phenoxy) is 2. The Kier molecular flexibility index (Phi) is 6.98. The van der Waals surface area contributed by atoms with Gasteiger partial charge in [-0.2, -0.15) is 0 Å². The fourth-order valence-electron chi connectivity index (χ4n) is 2.13. The molecule has 3 heteroatoms. The Balaban J connectivity index is 2.00. The normalized spacial score (nSPS) is 23.2. The van der Waals surface area contributed by atoms with Crippen LogP contribution in [0.4, 0.5) is 0 Å². The number of piperidine rings is 1. The Morgan fingerprint density at radius 2 is 2.13 bits per heavy atom. The minimum atomic E-state index is 0.706. The smallest absolute Gasteiger partial charge is 0.0700 e. The lowest BCUT2D eigenvalue weighted by Crippen LogP contribution is -2.37. The van der Waals surface area contributed by atoms with Crippen molar-refractivity contribution in [2.75, 3.05) is 46.6 Å². The van der Waals surface area contributed by atoms with Gasteiger partial charge in [0.2, 0.25) is 0 Å². The molecular formula is C12H25NO2. The van der Waals surface area contributed by atoms with E-state index in [1.54, 1.807) is 7.11 Å². The molecule has 0 aromatic heterocycles. The fourth-order valence-corrected chi connectivity index (χ4v) is 2.13. The highest BCUT2D eigenvalue weighted by Gasteiger charge is 2.17. The van der Waals surface area contributed by atoms with Gasteiger partial charge in [-0.3, -0.25) is 0 Å². The molecular weight excluding hydrogens is 190 g/mol. The second-order valence-corrected chi connectivity index (χ2v) is 4.32. The van der Waals surface area contributed by atoms with Crippen molar-refractivity contribution in [1.29, 1.82) is 0 Å². The summed E-state index contributed by atoms with van der Waals surface area (Å²) in [5.74, 6) is 0.915. The number of hydrogen-bond acceptors (Lipinski definition) is 3. The predicted molar refractivity (Wildman–Crippen MR) is 62.2 cm³/mol. The molecule has 0 spiro atoms. The van der Waals surface area contributed by atoms with E-state index in [1.807, 2.05) is 0 Å². The highest BCUT2D eigenvalue weighted by Crippen LogP contribution is 2.18. The molecule has 0 saturated carbocycles. The van der Waals surface area contributed by atoms with E-state index in [9.17, 15) is 0 Å². The average Bonchev–Trinajstić information content (AvgIpc) is 2.29. The van der Waals surface area contributed by atoms with Crippen LogP contribution in [-0.2, 0) is 9.47 Å². The summed E-state index contributed by atoms with van der Waals surface area (Å²) in [6.45, 7) is 8.18. The third-order valence-corrected chi connectivity index (χ3v) is 3.16. The number of rotatable bonds is 7. The van der Waals surface area contributed by atoms with Crippen molar-refractivity contribution >= 4 is 0 Å². The van der Waals surface area contributed by atoms with Crippen molar-refractivity contribution in [3.63, 3.8) is 0 Å². The second-order valence-electron chi connectivity index (χ2n) is 4.32. The van der Waals surface area contributed by atoms with Crippen LogP contribution in [0.25, 0.3) is 0 Å². The zero-order chi connectivity index (χ0) is 10.9. The lowest BCUT2D eigenvalue weighted by atomic mass is 9.96. The molecule has 0 amide bonds. The van der Waals surface area contributed by atoms with Gasteiger partial charge in [-0.15, -0.1) is 0 Å². The van der Waals surface area contributed by atoms with Gasteiger partial charge in [-0.05, 0) is 25.3 Å². The highest BCUT2D eigenvalue weighted by atomic mass is 16.5. The third kappa shape index (κ3) is 5.50. The van der Waals surface area contributed by atoms with E-state index < -0.39 is 0 Å². The SMILES string of the molecule is CC[C@H]1CCCN(CCOCCOC)C1. The van der Waals surface area contributed by atoms with Gasteiger partial charge in [-0.1, -0.05) is 13.3 Å². The number of methoxy groups -OCH3 is 1. The molecule has 0 aromatic carbocycles. The molecule has 0 aromatic rings. The molecule has 1 rings (SSSR count). The summed E-state index contributed by atoms with van der Waals surface area (Å²) in [5, 5.41) is 0. The van der Waals surface area contributed by atoms with Gasteiger partial charge >= 0.3 is 0 Å². The molecule has 1 aliphatic rings. The zero-order valence-corrected chi connectivity index (χ0v) is 10.2. The van der Waals surface area contributed by atoms with Crippen LogP contribution < -0.4 is 0 Å². The maximum Gasteiger partial charge on any atom is 0.0700 e. The lowest BCUT2D eigenvalue weighted by Gasteiger charge is -2.32. The van der Waals surface area contributed by atoms with Crippen LogP contribution in [0.15, 0.2) is 0 Å². The number of nitrogens with zero attached hydrogens (tertiary/aromatic N) is 1. The van der Waals surface area contributed by atoms with Gasteiger partial charge in [0.15, 0.2) is 0 Å². The van der Waals surface area contributed by atoms with E-state index >= 15 is 0 Å². The molecule has 15 heavy (non-hydrogen) atoms. The zero-order valence-electron chi connectivity index (χ0n) is 10.2. The topological polar surface area (TPSA) is 21.7 Å². The Hall–Kier alpha value is -0.120. The number of likely N-dealkylation sites (tertiary alicyclic amines) is 1. The van der Waals surface area contributed by atoms with Crippen LogP contribution in [0.5, 0.6) is 0 Å². The monoisotopic (exact) mass is 215 g/mol. The Morgan fingerprint density at radius 1 is 1.27 bits per heavy atom. The third-order valence-electron chi connectivity index (χ3n) is 3.16. The fraction of sp³-hybridized carbons (Fsp3) is 1.00. The molecule has 0 N–H and O–H groups in total. The van der Waals surface area contributed by atoms with Crippen LogP contribution >= 0.6 is 0 Å². The molecule has 0 radical (unpaired) electrons. The molecule has 3 nitrogen and oxygen atoms in total. The van der Waals surface area contributed by atoms with Crippen LogP contribution in [0, 0.1) is 5.92 Å².